The van der Waals surface area contributed by atoms with Crippen LogP contribution in [0.3, 0.4) is 0 Å². The summed E-state index contributed by atoms with van der Waals surface area (Å²) in [6.07, 6.45) is 4.28. The van der Waals surface area contributed by atoms with Gasteiger partial charge in [-0.2, -0.15) is 0 Å². The Bertz CT molecular complexity index is 2760. The van der Waals surface area contributed by atoms with Gasteiger partial charge in [0, 0.05) is 38.9 Å². The summed E-state index contributed by atoms with van der Waals surface area (Å²) < 4.78 is 9.04. The molecule has 0 amide bonds. The molecule has 7 aromatic carbocycles. The molecule has 244 valence electrons. The Hall–Kier alpha value is -7.11. The molecule has 3 heterocycles. The zero-order valence-corrected chi connectivity index (χ0v) is 28.0. The predicted molar refractivity (Wildman–Crippen MR) is 211 cm³/mol. The lowest BCUT2D eigenvalue weighted by atomic mass is 10.0. The third-order valence-corrected chi connectivity index (χ3v) is 9.65. The summed E-state index contributed by atoms with van der Waals surface area (Å²) >= 11 is 0. The predicted octanol–water partition coefficient (Wildman–Crippen LogP) is 11.9. The van der Waals surface area contributed by atoms with Crippen LogP contribution >= 0.6 is 0 Å². The van der Waals surface area contributed by atoms with Gasteiger partial charge in [0.1, 0.15) is 11.5 Å². The van der Waals surface area contributed by atoms with Gasteiger partial charge in [0.15, 0.2) is 17.5 Å². The molecule has 0 bridgehead atoms. The summed E-state index contributed by atoms with van der Waals surface area (Å²) in [7, 11) is 0. The highest BCUT2D eigenvalue weighted by atomic mass is 16.5. The number of nitrogens with zero attached hydrogens (tertiary/aromatic N) is 4. The summed E-state index contributed by atoms with van der Waals surface area (Å²) in [5, 5.41) is 2.24. The summed E-state index contributed by atoms with van der Waals surface area (Å²) in [5.41, 5.74) is 10.4. The maximum absolute atomic E-state index is 6.70. The number of hydrogen-bond donors (Lipinski definition) is 0. The lowest BCUT2D eigenvalue weighted by Gasteiger charge is -2.13. The van der Waals surface area contributed by atoms with Gasteiger partial charge in [0.2, 0.25) is 0 Å². The van der Waals surface area contributed by atoms with Crippen molar-refractivity contribution in [2.45, 2.75) is 0 Å². The number of para-hydroxylation sites is 2. The molecule has 0 fully saturated rings. The molecule has 52 heavy (non-hydrogen) atoms. The normalized spacial score (nSPS) is 11.9. The van der Waals surface area contributed by atoms with E-state index in [0.717, 1.165) is 77.9 Å². The average Bonchev–Trinajstić information content (AvgIpc) is 3.44. The van der Waals surface area contributed by atoms with E-state index in [-0.39, 0.29) is 0 Å². The maximum Gasteiger partial charge on any atom is 0.164 e. The third-order valence-electron chi connectivity index (χ3n) is 9.65. The first kappa shape index (κ1) is 29.8. The maximum atomic E-state index is 6.70. The van der Waals surface area contributed by atoms with Gasteiger partial charge >= 0.3 is 0 Å². The molecule has 0 saturated carbocycles. The standard InChI is InChI=1S/C47H30N4O/c1-3-14-33(15-4-1)45-48-46(34-16-5-2-6-17-34)50-47(49-45)37-20-11-18-35(29-37)36-19-12-21-38(30-36)51-40-23-9-8-22-39(40)43-41(51)28-27-32-26-25-31-13-7-10-24-42(31)52-44(32)43/h1-30H. The Morgan fingerprint density at radius 2 is 0.981 bits per heavy atom. The van der Waals surface area contributed by atoms with Crippen molar-refractivity contribution in [2.75, 3.05) is 0 Å². The Balaban J connectivity index is 1.09. The lowest BCUT2D eigenvalue weighted by molar-refractivity contribution is 0.487. The van der Waals surface area contributed by atoms with Crippen molar-refractivity contribution in [2.24, 2.45) is 0 Å². The van der Waals surface area contributed by atoms with Crippen LogP contribution in [0.15, 0.2) is 170 Å². The molecule has 2 aromatic heterocycles. The number of ether oxygens (including phenoxy) is 1. The van der Waals surface area contributed by atoms with Gasteiger partial charge in [-0.25, -0.2) is 15.0 Å². The molecule has 0 unspecified atom stereocenters. The van der Waals surface area contributed by atoms with Crippen molar-refractivity contribution >= 4 is 34.0 Å². The molecule has 0 spiro atoms. The largest absolute Gasteiger partial charge is 0.455 e. The molecular weight excluding hydrogens is 637 g/mol. The fourth-order valence-electron chi connectivity index (χ4n) is 7.16. The van der Waals surface area contributed by atoms with Crippen molar-refractivity contribution < 1.29 is 4.74 Å². The number of fused-ring (bicyclic) bond motifs is 6. The Morgan fingerprint density at radius 3 is 1.75 bits per heavy atom. The van der Waals surface area contributed by atoms with Gasteiger partial charge in [-0.1, -0.05) is 140 Å². The molecule has 10 rings (SSSR count). The highest BCUT2D eigenvalue weighted by molar-refractivity contribution is 6.14. The van der Waals surface area contributed by atoms with Gasteiger partial charge in [-0.15, -0.1) is 0 Å². The van der Waals surface area contributed by atoms with Crippen LogP contribution in [-0.4, -0.2) is 19.5 Å². The van der Waals surface area contributed by atoms with E-state index in [1.165, 1.54) is 0 Å². The quantitative estimate of drug-likeness (QED) is 0.183. The van der Waals surface area contributed by atoms with E-state index in [2.05, 4.69) is 108 Å². The number of hydrogen-bond acceptors (Lipinski definition) is 4. The second-order valence-corrected chi connectivity index (χ2v) is 12.9. The Kier molecular flexibility index (Phi) is 7.07. The highest BCUT2D eigenvalue weighted by Gasteiger charge is 2.21. The molecule has 5 nitrogen and oxygen atoms in total. The first-order valence-electron chi connectivity index (χ1n) is 17.4. The van der Waals surface area contributed by atoms with Crippen LogP contribution in [0.1, 0.15) is 11.1 Å². The van der Waals surface area contributed by atoms with Crippen molar-refractivity contribution in [3.8, 4) is 62.5 Å². The van der Waals surface area contributed by atoms with Crippen LogP contribution in [0.25, 0.3) is 84.9 Å². The van der Waals surface area contributed by atoms with Crippen LogP contribution < -0.4 is 4.74 Å². The highest BCUT2D eigenvalue weighted by Crippen LogP contribution is 2.44. The van der Waals surface area contributed by atoms with Gasteiger partial charge in [0.05, 0.1) is 16.4 Å². The molecule has 5 heteroatoms. The first-order chi connectivity index (χ1) is 25.8. The van der Waals surface area contributed by atoms with Gasteiger partial charge in [-0.05, 0) is 53.6 Å². The van der Waals surface area contributed by atoms with E-state index in [1.54, 1.807) is 0 Å². The smallest absolute Gasteiger partial charge is 0.164 e. The zero-order valence-electron chi connectivity index (χ0n) is 28.0. The summed E-state index contributed by atoms with van der Waals surface area (Å²) in [5.74, 6) is 3.64. The van der Waals surface area contributed by atoms with E-state index >= 15 is 0 Å². The first-order valence-corrected chi connectivity index (χ1v) is 17.4. The molecule has 0 radical (unpaired) electrons. The summed E-state index contributed by atoms with van der Waals surface area (Å²) in [6, 6.07) is 58.4. The van der Waals surface area contributed by atoms with Crippen molar-refractivity contribution in [3.05, 3.63) is 181 Å². The van der Waals surface area contributed by atoms with Crippen LogP contribution in [0.4, 0.5) is 0 Å². The number of benzene rings is 7. The zero-order chi connectivity index (χ0) is 34.4. The van der Waals surface area contributed by atoms with Crippen LogP contribution in [0.2, 0.25) is 0 Å². The Morgan fingerprint density at radius 1 is 0.404 bits per heavy atom. The van der Waals surface area contributed by atoms with E-state index in [0.29, 0.717) is 17.5 Å². The number of rotatable bonds is 5. The topological polar surface area (TPSA) is 52.8 Å². The second kappa shape index (κ2) is 12.3. The van der Waals surface area contributed by atoms with E-state index in [9.17, 15) is 0 Å². The Labute approximate surface area is 300 Å². The molecular formula is C47H30N4O. The van der Waals surface area contributed by atoms with Crippen LogP contribution in [0, 0.1) is 0 Å². The van der Waals surface area contributed by atoms with Crippen molar-refractivity contribution in [3.63, 3.8) is 0 Å². The van der Waals surface area contributed by atoms with Crippen LogP contribution in [-0.2, 0) is 0 Å². The molecule has 1 aliphatic rings. The minimum atomic E-state index is 0.629. The minimum absolute atomic E-state index is 0.629. The monoisotopic (exact) mass is 666 g/mol. The fourth-order valence-corrected chi connectivity index (χ4v) is 7.16. The molecule has 0 atom stereocenters. The summed E-state index contributed by atoms with van der Waals surface area (Å²) in [4.78, 5) is 14.8. The third kappa shape index (κ3) is 5.15. The van der Waals surface area contributed by atoms with E-state index in [4.69, 9.17) is 19.7 Å². The summed E-state index contributed by atoms with van der Waals surface area (Å²) in [6.45, 7) is 0. The molecule has 1 aliphatic heterocycles. The fraction of sp³-hybridized carbons (Fsp3) is 0. The molecule has 0 saturated heterocycles. The average molecular weight is 667 g/mol. The van der Waals surface area contributed by atoms with Gasteiger partial charge in [0.25, 0.3) is 0 Å². The van der Waals surface area contributed by atoms with Gasteiger partial charge < -0.3 is 9.30 Å². The SMILES string of the molecule is C1=Cc2ccc3c(c2Oc2ccccc21)c1ccccc1n3-c1cccc(-c2cccc(-c3nc(-c4ccccc4)nc(-c4ccccc4)n3)c2)c1. The van der Waals surface area contributed by atoms with E-state index in [1.807, 2.05) is 78.9 Å². The lowest BCUT2D eigenvalue weighted by Crippen LogP contribution is -2.00. The molecule has 0 aliphatic carbocycles. The van der Waals surface area contributed by atoms with Crippen molar-refractivity contribution in [1.82, 2.24) is 19.5 Å². The minimum Gasteiger partial charge on any atom is -0.455 e. The van der Waals surface area contributed by atoms with Gasteiger partial charge in [-0.3, -0.25) is 0 Å². The molecule has 9 aromatic rings. The van der Waals surface area contributed by atoms with Crippen molar-refractivity contribution in [1.29, 1.82) is 0 Å². The van der Waals surface area contributed by atoms with E-state index < -0.39 is 0 Å². The number of aromatic nitrogens is 4. The second-order valence-electron chi connectivity index (χ2n) is 12.9. The van der Waals surface area contributed by atoms with Crippen LogP contribution in [0.5, 0.6) is 11.5 Å². The molecule has 0 N–H and O–H groups in total.